The summed E-state index contributed by atoms with van der Waals surface area (Å²) >= 11 is 0. The summed E-state index contributed by atoms with van der Waals surface area (Å²) in [6, 6.07) is 19.0. The minimum Gasteiger partial charge on any atom is -0.459 e. The number of ether oxygens (including phenoxy) is 1. The van der Waals surface area contributed by atoms with Crippen molar-refractivity contribution in [2.75, 3.05) is 18.5 Å². The number of anilines is 1. The van der Waals surface area contributed by atoms with Gasteiger partial charge in [0.05, 0.1) is 17.6 Å². The van der Waals surface area contributed by atoms with E-state index in [0.717, 1.165) is 5.69 Å². The van der Waals surface area contributed by atoms with Gasteiger partial charge in [0.15, 0.2) is 12.4 Å². The molecule has 0 radical (unpaired) electrons. The summed E-state index contributed by atoms with van der Waals surface area (Å²) in [6.07, 6.45) is 1.34. The summed E-state index contributed by atoms with van der Waals surface area (Å²) in [4.78, 5) is 35.2. The van der Waals surface area contributed by atoms with E-state index in [-0.39, 0.29) is 12.3 Å². The lowest BCUT2D eigenvalue weighted by Crippen LogP contribution is -2.32. The van der Waals surface area contributed by atoms with Gasteiger partial charge < -0.3 is 19.8 Å². The van der Waals surface area contributed by atoms with Gasteiger partial charge in [-0.2, -0.15) is 10.2 Å². The van der Waals surface area contributed by atoms with Crippen LogP contribution in [0, 0.1) is 0 Å². The summed E-state index contributed by atoms with van der Waals surface area (Å²) < 4.78 is 9.72. The van der Waals surface area contributed by atoms with Gasteiger partial charge in [-0.1, -0.05) is 18.2 Å². The smallest absolute Gasteiger partial charge is 0.325 e. The van der Waals surface area contributed by atoms with Gasteiger partial charge in [-0.05, 0) is 48.5 Å². The number of amides is 2. The Hall–Kier alpha value is -4.27. The van der Waals surface area contributed by atoms with Gasteiger partial charge in [0.1, 0.15) is 6.54 Å². The lowest BCUT2D eigenvalue weighted by Gasteiger charge is -2.07. The molecule has 0 saturated heterocycles. The number of furan rings is 1. The zero-order valence-electron chi connectivity index (χ0n) is 15.8. The Kier molecular flexibility index (Phi) is 7.04. The fraction of sp³-hybridized carbons (Fsp3) is 0.0952. The van der Waals surface area contributed by atoms with Crippen LogP contribution in [0.15, 0.2) is 87.6 Å². The highest BCUT2D eigenvalue weighted by atomic mass is 16.5. The number of nitrogens with one attached hydrogen (secondary N) is 2. The largest absolute Gasteiger partial charge is 0.459 e. The lowest BCUT2D eigenvalue weighted by atomic mass is 10.3. The first-order chi connectivity index (χ1) is 14.6. The molecule has 3 rings (SSSR count). The van der Waals surface area contributed by atoms with Gasteiger partial charge in [0, 0.05) is 5.69 Å². The van der Waals surface area contributed by atoms with Crippen LogP contribution in [0.5, 0.6) is 0 Å². The van der Waals surface area contributed by atoms with Crippen molar-refractivity contribution in [2.24, 2.45) is 10.2 Å². The number of hydrogen-bond acceptors (Lipinski definition) is 7. The van der Waals surface area contributed by atoms with Crippen molar-refractivity contribution >= 4 is 34.8 Å². The van der Waals surface area contributed by atoms with Gasteiger partial charge in [-0.15, -0.1) is 0 Å². The zero-order valence-corrected chi connectivity index (χ0v) is 15.8. The maximum absolute atomic E-state index is 11.9. The predicted octanol–water partition coefficient (Wildman–Crippen LogP) is 3.61. The topological polar surface area (TPSA) is 122 Å². The SMILES string of the molecule is O=C(COC(=O)CNC(=O)c1ccco1)Nc1ccc(N=Nc2ccccc2)cc1. The monoisotopic (exact) mass is 406 g/mol. The predicted molar refractivity (Wildman–Crippen MR) is 108 cm³/mol. The van der Waals surface area contributed by atoms with Gasteiger partial charge in [0.25, 0.3) is 11.8 Å². The molecule has 3 aromatic rings. The average Bonchev–Trinajstić information content (AvgIpc) is 3.31. The summed E-state index contributed by atoms with van der Waals surface area (Å²) in [6.45, 7) is -0.862. The minimum atomic E-state index is -0.748. The van der Waals surface area contributed by atoms with E-state index >= 15 is 0 Å². The first kappa shape index (κ1) is 20.5. The van der Waals surface area contributed by atoms with E-state index in [9.17, 15) is 14.4 Å². The molecule has 0 aliphatic carbocycles. The molecule has 9 nitrogen and oxygen atoms in total. The summed E-state index contributed by atoms with van der Waals surface area (Å²) in [5.41, 5.74) is 1.87. The molecule has 0 aliphatic heterocycles. The van der Waals surface area contributed by atoms with E-state index < -0.39 is 24.4 Å². The quantitative estimate of drug-likeness (QED) is 0.437. The average molecular weight is 406 g/mol. The van der Waals surface area contributed by atoms with Crippen molar-refractivity contribution in [3.63, 3.8) is 0 Å². The third-order valence-electron chi connectivity index (χ3n) is 3.69. The number of nitrogens with zero attached hydrogens (tertiary/aromatic N) is 2. The highest BCUT2D eigenvalue weighted by molar-refractivity contribution is 5.95. The van der Waals surface area contributed by atoms with Crippen LogP contribution in [0.3, 0.4) is 0 Å². The van der Waals surface area contributed by atoms with Crippen LogP contribution in [0.1, 0.15) is 10.6 Å². The molecular formula is C21H18N4O5. The number of hydrogen-bond donors (Lipinski definition) is 2. The molecule has 1 aromatic heterocycles. The molecular weight excluding hydrogens is 388 g/mol. The van der Waals surface area contributed by atoms with E-state index in [1.54, 1.807) is 30.3 Å². The number of esters is 1. The molecule has 0 bridgehead atoms. The highest BCUT2D eigenvalue weighted by Gasteiger charge is 2.12. The summed E-state index contributed by atoms with van der Waals surface area (Å²) in [7, 11) is 0. The van der Waals surface area contributed by atoms with Crippen LogP contribution < -0.4 is 10.6 Å². The third kappa shape index (κ3) is 6.41. The van der Waals surface area contributed by atoms with Crippen molar-refractivity contribution < 1.29 is 23.5 Å². The molecule has 0 atom stereocenters. The van der Waals surface area contributed by atoms with E-state index in [1.807, 2.05) is 30.3 Å². The van der Waals surface area contributed by atoms with E-state index in [4.69, 9.17) is 9.15 Å². The van der Waals surface area contributed by atoms with Crippen LogP contribution in [-0.2, 0) is 14.3 Å². The van der Waals surface area contributed by atoms with Gasteiger partial charge >= 0.3 is 5.97 Å². The lowest BCUT2D eigenvalue weighted by molar-refractivity contribution is -0.146. The normalized spacial score (nSPS) is 10.5. The molecule has 0 unspecified atom stereocenters. The standard InChI is InChI=1S/C21H18N4O5/c26-19(14-30-20(27)13-22-21(28)18-7-4-12-29-18)23-15-8-10-17(11-9-15)25-24-16-5-2-1-3-6-16/h1-12H,13-14H2,(H,22,28)(H,23,26). The van der Waals surface area contributed by atoms with Crippen molar-refractivity contribution in [2.45, 2.75) is 0 Å². The van der Waals surface area contributed by atoms with Gasteiger partial charge in [0.2, 0.25) is 0 Å². The number of carbonyl (C=O) groups excluding carboxylic acids is 3. The minimum absolute atomic E-state index is 0.0762. The molecule has 2 amide bonds. The molecule has 0 fully saturated rings. The number of benzene rings is 2. The Morgan fingerprint density at radius 1 is 0.867 bits per heavy atom. The van der Waals surface area contributed by atoms with Crippen molar-refractivity contribution in [3.8, 4) is 0 Å². The van der Waals surface area contributed by atoms with Gasteiger partial charge in [-0.25, -0.2) is 0 Å². The Labute approximate surface area is 171 Å². The van der Waals surface area contributed by atoms with E-state index in [0.29, 0.717) is 11.4 Å². The Morgan fingerprint density at radius 2 is 1.57 bits per heavy atom. The maximum Gasteiger partial charge on any atom is 0.325 e. The van der Waals surface area contributed by atoms with Crippen LogP contribution in [0.4, 0.5) is 17.1 Å². The number of rotatable bonds is 8. The van der Waals surface area contributed by atoms with Crippen LogP contribution in [0.2, 0.25) is 0 Å². The fourth-order valence-corrected chi connectivity index (χ4v) is 2.26. The van der Waals surface area contributed by atoms with E-state index in [1.165, 1.54) is 12.3 Å². The second kappa shape index (κ2) is 10.3. The first-order valence-corrected chi connectivity index (χ1v) is 8.94. The fourth-order valence-electron chi connectivity index (χ4n) is 2.26. The van der Waals surface area contributed by atoms with Crippen LogP contribution in [0.25, 0.3) is 0 Å². The Bertz CT molecular complexity index is 1020. The molecule has 30 heavy (non-hydrogen) atoms. The van der Waals surface area contributed by atoms with E-state index in [2.05, 4.69) is 20.9 Å². The molecule has 9 heteroatoms. The molecule has 152 valence electrons. The van der Waals surface area contributed by atoms with Crippen molar-refractivity contribution in [1.82, 2.24) is 5.32 Å². The third-order valence-corrected chi connectivity index (χ3v) is 3.69. The van der Waals surface area contributed by atoms with Crippen LogP contribution in [-0.4, -0.2) is 30.9 Å². The molecule has 0 spiro atoms. The Morgan fingerprint density at radius 3 is 2.23 bits per heavy atom. The second-order valence-electron chi connectivity index (χ2n) is 5.95. The summed E-state index contributed by atoms with van der Waals surface area (Å²) in [5, 5.41) is 13.1. The Balaban J connectivity index is 1.39. The second-order valence-corrected chi connectivity index (χ2v) is 5.95. The molecule has 2 aromatic carbocycles. The number of azo groups is 1. The molecule has 1 heterocycles. The molecule has 2 N–H and O–H groups in total. The van der Waals surface area contributed by atoms with Crippen molar-refractivity contribution in [1.29, 1.82) is 0 Å². The van der Waals surface area contributed by atoms with Gasteiger partial charge in [-0.3, -0.25) is 14.4 Å². The highest BCUT2D eigenvalue weighted by Crippen LogP contribution is 2.19. The number of carbonyl (C=O) groups is 3. The zero-order chi connectivity index (χ0) is 21.2. The maximum atomic E-state index is 11.9. The van der Waals surface area contributed by atoms with Crippen LogP contribution >= 0.6 is 0 Å². The molecule has 0 saturated carbocycles. The van der Waals surface area contributed by atoms with Crippen molar-refractivity contribution in [3.05, 3.63) is 78.8 Å². The summed E-state index contributed by atoms with van der Waals surface area (Å²) in [5.74, 6) is -1.74. The molecule has 0 aliphatic rings. The first-order valence-electron chi connectivity index (χ1n) is 8.94.